The highest BCUT2D eigenvalue weighted by Crippen LogP contribution is 2.32. The van der Waals surface area contributed by atoms with Crippen LogP contribution in [-0.4, -0.2) is 74.9 Å². The van der Waals surface area contributed by atoms with E-state index in [9.17, 15) is 24.6 Å². The number of carboxylic acid groups (broad SMARTS) is 1. The number of halogens is 1. The molecule has 5 rings (SSSR count). The zero-order valence-electron chi connectivity index (χ0n) is 24.6. The first kappa shape index (κ1) is 29.7. The lowest BCUT2D eigenvalue weighted by Gasteiger charge is -2.38. The number of aliphatic hydroxyl groups excluding tert-OH is 1. The maximum absolute atomic E-state index is 15.1. The molecule has 1 aliphatic heterocycles. The summed E-state index contributed by atoms with van der Waals surface area (Å²) in [7, 11) is 0. The van der Waals surface area contributed by atoms with Crippen molar-refractivity contribution in [3.8, 4) is 11.1 Å². The molecule has 2 aromatic carbocycles. The van der Waals surface area contributed by atoms with Crippen LogP contribution in [0.5, 0.6) is 0 Å². The normalized spacial score (nSPS) is 18.0. The second-order valence-corrected chi connectivity index (χ2v) is 12.6. The summed E-state index contributed by atoms with van der Waals surface area (Å²) in [4.78, 5) is 41.5. The summed E-state index contributed by atoms with van der Waals surface area (Å²) in [6.07, 6.45) is 2.75. The first-order valence-electron chi connectivity index (χ1n) is 14.5. The summed E-state index contributed by atoms with van der Waals surface area (Å²) in [6, 6.07) is 8.49. The SMILES string of the molecule is Cc1c(F)cc(C(=O)NC2CC2)cc1-c1ccc2c(=O)n(CC(C)(C)CO)cc(CN3CCN(C(=O)O)CC3C)c2c1. The monoisotopic (exact) mass is 578 g/mol. The molecule has 9 nitrogen and oxygen atoms in total. The highest BCUT2D eigenvalue weighted by Gasteiger charge is 2.28. The average molecular weight is 579 g/mol. The van der Waals surface area contributed by atoms with E-state index in [0.29, 0.717) is 54.8 Å². The zero-order chi connectivity index (χ0) is 30.3. The average Bonchev–Trinajstić information content (AvgIpc) is 3.77. The van der Waals surface area contributed by atoms with E-state index in [2.05, 4.69) is 10.2 Å². The van der Waals surface area contributed by atoms with Crippen LogP contribution in [0.4, 0.5) is 9.18 Å². The Morgan fingerprint density at radius 3 is 2.50 bits per heavy atom. The highest BCUT2D eigenvalue weighted by molar-refractivity contribution is 5.97. The molecule has 1 aromatic heterocycles. The standard InChI is InChI=1S/C32H39FN4O5/c1-19-14-36(31(41)42)10-9-35(19)15-23-16-37(17-32(3,4)18-38)30(40)25-8-5-21(11-27(23)25)26-12-22(13-28(33)20(26)2)29(39)34-24-6-7-24/h5,8,11-13,16,19,24,38H,6-7,9-10,14-15,17-18H2,1-4H3,(H,34,39)(H,41,42). The predicted octanol–water partition coefficient (Wildman–Crippen LogP) is 4.21. The molecule has 1 aliphatic carbocycles. The third kappa shape index (κ3) is 6.19. The van der Waals surface area contributed by atoms with Gasteiger partial charge in [0.15, 0.2) is 0 Å². The van der Waals surface area contributed by atoms with Gasteiger partial charge in [0.05, 0.1) is 0 Å². The molecule has 2 heterocycles. The highest BCUT2D eigenvalue weighted by atomic mass is 19.1. The molecule has 1 atom stereocenters. The molecule has 224 valence electrons. The Labute approximate surface area is 244 Å². The van der Waals surface area contributed by atoms with E-state index in [1.165, 1.54) is 11.0 Å². The van der Waals surface area contributed by atoms with Gasteiger partial charge in [0.2, 0.25) is 0 Å². The van der Waals surface area contributed by atoms with Crippen molar-refractivity contribution in [2.75, 3.05) is 26.2 Å². The second kappa shape index (κ2) is 11.5. The molecule has 42 heavy (non-hydrogen) atoms. The minimum absolute atomic E-state index is 0.0413. The van der Waals surface area contributed by atoms with Crippen LogP contribution >= 0.6 is 0 Å². The molecule has 0 spiro atoms. The van der Waals surface area contributed by atoms with Crippen molar-refractivity contribution in [3.63, 3.8) is 0 Å². The van der Waals surface area contributed by atoms with Gasteiger partial charge in [-0.1, -0.05) is 19.9 Å². The van der Waals surface area contributed by atoms with Crippen LogP contribution in [0.3, 0.4) is 0 Å². The number of aliphatic hydroxyl groups is 1. The molecule has 2 fully saturated rings. The van der Waals surface area contributed by atoms with Gasteiger partial charge in [0, 0.05) is 74.0 Å². The molecule has 2 aliphatic rings. The fourth-order valence-corrected chi connectivity index (χ4v) is 5.62. The Morgan fingerprint density at radius 1 is 1.12 bits per heavy atom. The molecule has 2 amide bonds. The van der Waals surface area contributed by atoms with Crippen molar-refractivity contribution in [2.24, 2.45) is 5.41 Å². The van der Waals surface area contributed by atoms with E-state index < -0.39 is 17.3 Å². The van der Waals surface area contributed by atoms with Crippen molar-refractivity contribution in [1.29, 1.82) is 0 Å². The van der Waals surface area contributed by atoms with E-state index >= 15 is 4.39 Å². The molecule has 0 radical (unpaired) electrons. The first-order valence-corrected chi connectivity index (χ1v) is 14.5. The van der Waals surface area contributed by atoms with E-state index in [1.807, 2.05) is 33.0 Å². The van der Waals surface area contributed by atoms with Gasteiger partial charge in [-0.05, 0) is 78.6 Å². The summed E-state index contributed by atoms with van der Waals surface area (Å²) < 4.78 is 16.7. The lowest BCUT2D eigenvalue weighted by Crippen LogP contribution is -2.52. The Morgan fingerprint density at radius 2 is 1.86 bits per heavy atom. The fraction of sp³-hybridized carbons (Fsp3) is 0.469. The van der Waals surface area contributed by atoms with Crippen LogP contribution in [0.2, 0.25) is 0 Å². The summed E-state index contributed by atoms with van der Waals surface area (Å²) in [5.74, 6) is -0.774. The zero-order valence-corrected chi connectivity index (χ0v) is 24.6. The van der Waals surface area contributed by atoms with Crippen LogP contribution in [0, 0.1) is 18.2 Å². The molecule has 10 heteroatoms. The molecule has 1 saturated carbocycles. The maximum atomic E-state index is 15.1. The Hall–Kier alpha value is -3.76. The predicted molar refractivity (Wildman–Crippen MR) is 159 cm³/mol. The molecule has 1 unspecified atom stereocenters. The van der Waals surface area contributed by atoms with Gasteiger partial charge >= 0.3 is 6.09 Å². The number of piperazine rings is 1. The third-order valence-electron chi connectivity index (χ3n) is 8.43. The van der Waals surface area contributed by atoms with Gasteiger partial charge in [-0.25, -0.2) is 9.18 Å². The van der Waals surface area contributed by atoms with Gasteiger partial charge in [-0.3, -0.25) is 14.5 Å². The van der Waals surface area contributed by atoms with E-state index in [4.69, 9.17) is 0 Å². The lowest BCUT2D eigenvalue weighted by molar-refractivity contribution is 0.0712. The summed E-state index contributed by atoms with van der Waals surface area (Å²) in [5.41, 5.74) is 2.10. The number of pyridine rings is 1. The van der Waals surface area contributed by atoms with Crippen LogP contribution < -0.4 is 10.9 Å². The smallest absolute Gasteiger partial charge is 0.407 e. The van der Waals surface area contributed by atoms with Gasteiger partial charge in [0.25, 0.3) is 11.5 Å². The quantitative estimate of drug-likeness (QED) is 0.369. The van der Waals surface area contributed by atoms with Crippen LogP contribution in [0.1, 0.15) is 55.1 Å². The van der Waals surface area contributed by atoms with Crippen LogP contribution in [-0.2, 0) is 13.1 Å². The van der Waals surface area contributed by atoms with E-state index in [1.54, 1.807) is 29.7 Å². The van der Waals surface area contributed by atoms with E-state index in [0.717, 1.165) is 23.8 Å². The fourth-order valence-electron chi connectivity index (χ4n) is 5.62. The van der Waals surface area contributed by atoms with Gasteiger partial charge in [0.1, 0.15) is 5.82 Å². The molecule has 1 saturated heterocycles. The van der Waals surface area contributed by atoms with Crippen molar-refractivity contribution in [2.45, 2.75) is 65.7 Å². The maximum Gasteiger partial charge on any atom is 0.407 e. The number of benzene rings is 2. The number of amides is 2. The number of aromatic nitrogens is 1. The molecule has 3 N–H and O–H groups in total. The first-order chi connectivity index (χ1) is 19.9. The Kier molecular flexibility index (Phi) is 8.13. The number of carbonyl (C=O) groups excluding carboxylic acids is 1. The molecule has 0 bridgehead atoms. The summed E-state index contributed by atoms with van der Waals surface area (Å²) >= 11 is 0. The van der Waals surface area contributed by atoms with Gasteiger partial charge in [-0.2, -0.15) is 0 Å². The van der Waals surface area contributed by atoms with Crippen molar-refractivity contribution >= 4 is 22.8 Å². The third-order valence-corrected chi connectivity index (χ3v) is 8.43. The minimum Gasteiger partial charge on any atom is -0.465 e. The largest absolute Gasteiger partial charge is 0.465 e. The Bertz CT molecular complexity index is 1600. The van der Waals surface area contributed by atoms with Crippen LogP contribution in [0.25, 0.3) is 21.9 Å². The number of nitrogens with one attached hydrogen (secondary N) is 1. The van der Waals surface area contributed by atoms with E-state index in [-0.39, 0.29) is 35.7 Å². The van der Waals surface area contributed by atoms with Gasteiger partial charge < -0.3 is 25.0 Å². The number of rotatable bonds is 8. The van der Waals surface area contributed by atoms with Crippen molar-refractivity contribution in [1.82, 2.24) is 19.7 Å². The van der Waals surface area contributed by atoms with Crippen molar-refractivity contribution in [3.05, 3.63) is 69.4 Å². The lowest BCUT2D eigenvalue weighted by atomic mass is 9.93. The molecule has 3 aromatic rings. The summed E-state index contributed by atoms with van der Waals surface area (Å²) in [5, 5.41) is 23.5. The summed E-state index contributed by atoms with van der Waals surface area (Å²) in [6.45, 7) is 9.46. The number of nitrogens with zero attached hydrogens (tertiary/aromatic N) is 3. The number of carbonyl (C=O) groups is 2. The molecular weight excluding hydrogens is 539 g/mol. The number of hydrogen-bond acceptors (Lipinski definition) is 5. The number of hydrogen-bond donors (Lipinski definition) is 3. The van der Waals surface area contributed by atoms with Crippen LogP contribution in [0.15, 0.2) is 41.3 Å². The topological polar surface area (TPSA) is 115 Å². The van der Waals surface area contributed by atoms with Crippen molar-refractivity contribution < 1.29 is 24.2 Å². The number of fused-ring (bicyclic) bond motifs is 1. The van der Waals surface area contributed by atoms with Gasteiger partial charge in [-0.15, -0.1) is 0 Å². The molecular formula is C32H39FN4O5. The Balaban J connectivity index is 1.59. The minimum atomic E-state index is -0.938. The second-order valence-electron chi connectivity index (χ2n) is 12.6.